The van der Waals surface area contributed by atoms with E-state index in [9.17, 15) is 9.18 Å². The molecule has 1 aromatic heterocycles. The summed E-state index contributed by atoms with van der Waals surface area (Å²) in [6.07, 6.45) is 0. The molecule has 0 amide bonds. The SMILES string of the molecule is Cc1cc(F)cc(C(=O)c2cc3cccc(Cl)c3o2)c1. The average molecular weight is 289 g/mol. The summed E-state index contributed by atoms with van der Waals surface area (Å²) < 4.78 is 18.9. The third-order valence-electron chi connectivity index (χ3n) is 3.02. The van der Waals surface area contributed by atoms with Crippen molar-refractivity contribution in [3.8, 4) is 0 Å². The number of carbonyl (C=O) groups is 1. The van der Waals surface area contributed by atoms with E-state index in [2.05, 4.69) is 0 Å². The molecule has 0 unspecified atom stereocenters. The Labute approximate surface area is 119 Å². The number of furan rings is 1. The second kappa shape index (κ2) is 4.76. The van der Waals surface area contributed by atoms with Crippen molar-refractivity contribution >= 4 is 28.4 Å². The van der Waals surface area contributed by atoms with E-state index in [-0.39, 0.29) is 17.1 Å². The number of halogens is 2. The number of hydrogen-bond donors (Lipinski definition) is 0. The quantitative estimate of drug-likeness (QED) is 0.636. The van der Waals surface area contributed by atoms with Crippen LogP contribution in [0.5, 0.6) is 0 Å². The molecule has 0 spiro atoms. The lowest BCUT2D eigenvalue weighted by atomic mass is 10.1. The highest BCUT2D eigenvalue weighted by molar-refractivity contribution is 6.35. The lowest BCUT2D eigenvalue weighted by Gasteiger charge is -2.00. The molecule has 0 radical (unpaired) electrons. The van der Waals surface area contributed by atoms with Crippen LogP contribution in [0.25, 0.3) is 11.0 Å². The van der Waals surface area contributed by atoms with Gasteiger partial charge in [0.05, 0.1) is 5.02 Å². The Kier molecular flexibility index (Phi) is 3.07. The lowest BCUT2D eigenvalue weighted by Crippen LogP contribution is -2.00. The van der Waals surface area contributed by atoms with Gasteiger partial charge in [0.1, 0.15) is 5.82 Å². The molecule has 1 heterocycles. The molecule has 0 atom stereocenters. The zero-order valence-electron chi connectivity index (χ0n) is 10.6. The molecule has 20 heavy (non-hydrogen) atoms. The van der Waals surface area contributed by atoms with Crippen LogP contribution in [-0.4, -0.2) is 5.78 Å². The zero-order chi connectivity index (χ0) is 14.3. The second-order valence-corrected chi connectivity index (χ2v) is 5.02. The number of hydrogen-bond acceptors (Lipinski definition) is 2. The van der Waals surface area contributed by atoms with Crippen LogP contribution in [0.15, 0.2) is 46.9 Å². The van der Waals surface area contributed by atoms with Crippen molar-refractivity contribution in [3.05, 3.63) is 70.2 Å². The summed E-state index contributed by atoms with van der Waals surface area (Å²) in [4.78, 5) is 12.3. The fraction of sp³-hybridized carbons (Fsp3) is 0.0625. The lowest BCUT2D eigenvalue weighted by molar-refractivity contribution is 0.101. The van der Waals surface area contributed by atoms with E-state index < -0.39 is 5.82 Å². The number of benzene rings is 2. The molecule has 0 saturated carbocycles. The fourth-order valence-electron chi connectivity index (χ4n) is 2.15. The normalized spacial score (nSPS) is 10.9. The Morgan fingerprint density at radius 2 is 2.00 bits per heavy atom. The largest absolute Gasteiger partial charge is 0.451 e. The van der Waals surface area contributed by atoms with Gasteiger partial charge in [-0.2, -0.15) is 0 Å². The molecular weight excluding hydrogens is 279 g/mol. The summed E-state index contributed by atoms with van der Waals surface area (Å²) in [5, 5.41) is 1.19. The molecule has 0 aliphatic carbocycles. The van der Waals surface area contributed by atoms with Crippen LogP contribution in [0.4, 0.5) is 4.39 Å². The minimum atomic E-state index is -0.442. The fourth-order valence-corrected chi connectivity index (χ4v) is 2.37. The molecular formula is C16H10ClFO2. The van der Waals surface area contributed by atoms with Crippen molar-refractivity contribution in [2.24, 2.45) is 0 Å². The van der Waals surface area contributed by atoms with E-state index >= 15 is 0 Å². The Morgan fingerprint density at radius 1 is 1.20 bits per heavy atom. The number of para-hydroxylation sites is 1. The van der Waals surface area contributed by atoms with Gasteiger partial charge in [-0.25, -0.2) is 4.39 Å². The zero-order valence-corrected chi connectivity index (χ0v) is 11.4. The summed E-state index contributed by atoms with van der Waals surface area (Å²) in [5.74, 6) is -0.652. The van der Waals surface area contributed by atoms with Crippen LogP contribution in [0.3, 0.4) is 0 Å². The van der Waals surface area contributed by atoms with Crippen molar-refractivity contribution in [2.45, 2.75) is 6.92 Å². The molecule has 0 aliphatic rings. The number of ketones is 1. The number of aryl methyl sites for hydroxylation is 1. The maximum atomic E-state index is 13.4. The van der Waals surface area contributed by atoms with Crippen molar-refractivity contribution in [1.29, 1.82) is 0 Å². The van der Waals surface area contributed by atoms with E-state index in [0.717, 1.165) is 5.39 Å². The monoisotopic (exact) mass is 288 g/mol. The van der Waals surface area contributed by atoms with Gasteiger partial charge in [-0.3, -0.25) is 4.79 Å². The predicted molar refractivity (Wildman–Crippen MR) is 75.8 cm³/mol. The van der Waals surface area contributed by atoms with Crippen LogP contribution in [-0.2, 0) is 0 Å². The Balaban J connectivity index is 2.10. The summed E-state index contributed by atoms with van der Waals surface area (Å²) in [6, 6.07) is 11.1. The van der Waals surface area contributed by atoms with E-state index in [1.807, 2.05) is 0 Å². The highest BCUT2D eigenvalue weighted by atomic mass is 35.5. The van der Waals surface area contributed by atoms with Crippen molar-refractivity contribution in [1.82, 2.24) is 0 Å². The van der Waals surface area contributed by atoms with Crippen LogP contribution in [0.1, 0.15) is 21.7 Å². The molecule has 0 saturated heterocycles. The number of fused-ring (bicyclic) bond motifs is 1. The summed E-state index contributed by atoms with van der Waals surface area (Å²) >= 11 is 6.01. The smallest absolute Gasteiger partial charge is 0.228 e. The number of rotatable bonds is 2. The van der Waals surface area contributed by atoms with Gasteiger partial charge in [-0.05, 0) is 42.8 Å². The van der Waals surface area contributed by atoms with Gasteiger partial charge in [-0.1, -0.05) is 23.7 Å². The molecule has 4 heteroatoms. The van der Waals surface area contributed by atoms with Gasteiger partial charge >= 0.3 is 0 Å². The van der Waals surface area contributed by atoms with Gasteiger partial charge in [0.25, 0.3) is 0 Å². The van der Waals surface area contributed by atoms with Crippen molar-refractivity contribution in [2.75, 3.05) is 0 Å². The standard InChI is InChI=1S/C16H10ClFO2/c1-9-5-11(7-12(18)6-9)15(19)14-8-10-3-2-4-13(17)16(10)20-14/h2-8H,1H3. The first-order chi connectivity index (χ1) is 9.54. The molecule has 0 bridgehead atoms. The van der Waals surface area contributed by atoms with E-state index in [0.29, 0.717) is 16.2 Å². The average Bonchev–Trinajstić information content (AvgIpc) is 2.82. The van der Waals surface area contributed by atoms with Crippen molar-refractivity contribution in [3.63, 3.8) is 0 Å². The number of carbonyl (C=O) groups excluding carboxylic acids is 1. The summed E-state index contributed by atoms with van der Waals surface area (Å²) in [6.45, 7) is 1.73. The van der Waals surface area contributed by atoms with Crippen LogP contribution in [0.2, 0.25) is 5.02 Å². The van der Waals surface area contributed by atoms with Crippen molar-refractivity contribution < 1.29 is 13.6 Å². The Hall–Kier alpha value is -2.13. The van der Waals surface area contributed by atoms with Gasteiger partial charge < -0.3 is 4.42 Å². The molecule has 3 rings (SSSR count). The molecule has 2 nitrogen and oxygen atoms in total. The summed E-state index contributed by atoms with van der Waals surface area (Å²) in [5.41, 5.74) is 1.41. The van der Waals surface area contributed by atoms with Gasteiger partial charge in [-0.15, -0.1) is 0 Å². The predicted octanol–water partition coefficient (Wildman–Crippen LogP) is 4.76. The Bertz CT molecular complexity index is 800. The first-order valence-electron chi connectivity index (χ1n) is 6.04. The topological polar surface area (TPSA) is 30.2 Å². The maximum Gasteiger partial charge on any atom is 0.228 e. The molecule has 3 aromatic rings. The molecule has 0 aliphatic heterocycles. The van der Waals surface area contributed by atoms with Gasteiger partial charge in [0.15, 0.2) is 11.3 Å². The van der Waals surface area contributed by atoms with Crippen LogP contribution < -0.4 is 0 Å². The first kappa shape index (κ1) is 12.9. The Morgan fingerprint density at radius 3 is 2.70 bits per heavy atom. The van der Waals surface area contributed by atoms with E-state index in [1.165, 1.54) is 12.1 Å². The maximum absolute atomic E-state index is 13.4. The second-order valence-electron chi connectivity index (χ2n) is 4.62. The minimum Gasteiger partial charge on any atom is -0.451 e. The summed E-state index contributed by atoms with van der Waals surface area (Å²) in [7, 11) is 0. The molecule has 2 aromatic carbocycles. The highest BCUT2D eigenvalue weighted by Crippen LogP contribution is 2.28. The van der Waals surface area contributed by atoms with E-state index in [1.54, 1.807) is 37.3 Å². The van der Waals surface area contributed by atoms with Crippen LogP contribution in [0, 0.1) is 12.7 Å². The van der Waals surface area contributed by atoms with E-state index in [4.69, 9.17) is 16.0 Å². The van der Waals surface area contributed by atoms with Gasteiger partial charge in [0.2, 0.25) is 5.78 Å². The molecule has 0 N–H and O–H groups in total. The molecule has 0 fully saturated rings. The highest BCUT2D eigenvalue weighted by Gasteiger charge is 2.16. The van der Waals surface area contributed by atoms with Gasteiger partial charge in [0, 0.05) is 10.9 Å². The molecule has 100 valence electrons. The third kappa shape index (κ3) is 2.21. The third-order valence-corrected chi connectivity index (χ3v) is 3.32. The van der Waals surface area contributed by atoms with Crippen LogP contribution >= 0.6 is 11.6 Å². The first-order valence-corrected chi connectivity index (χ1v) is 6.42. The minimum absolute atomic E-state index is 0.151.